The van der Waals surface area contributed by atoms with Crippen LogP contribution in [0, 0.1) is 5.92 Å². The van der Waals surface area contributed by atoms with Gasteiger partial charge in [0.25, 0.3) is 5.56 Å². The van der Waals surface area contributed by atoms with Crippen LogP contribution in [-0.2, 0) is 7.05 Å². The number of ether oxygens (including phenoxy) is 1. The molecule has 5 aromatic rings. The van der Waals surface area contributed by atoms with Crippen molar-refractivity contribution in [1.82, 2.24) is 24.5 Å². The molecule has 33 heavy (non-hydrogen) atoms. The van der Waals surface area contributed by atoms with Crippen molar-refractivity contribution in [2.45, 2.75) is 12.8 Å². The minimum atomic E-state index is -0.264. The van der Waals surface area contributed by atoms with Gasteiger partial charge in [-0.2, -0.15) is 14.9 Å². The standard InChI is InChI=1S/C25H20ClN5O2/c1-30-13-17-12-19(8-9-20(17)28-30)31-25(32)23(16-4-6-18(26)7-5-16)24-21(29-31)10-11-22(27-24)33-14-15-2-3-15/h4-13,15H,2-3,14H2,1H3. The number of pyridine rings is 1. The highest BCUT2D eigenvalue weighted by Crippen LogP contribution is 2.31. The van der Waals surface area contributed by atoms with Gasteiger partial charge in [0, 0.05) is 29.7 Å². The summed E-state index contributed by atoms with van der Waals surface area (Å²) in [5.41, 5.74) is 3.54. The number of nitrogens with zero attached hydrogens (tertiary/aromatic N) is 5. The number of fused-ring (bicyclic) bond motifs is 2. The summed E-state index contributed by atoms with van der Waals surface area (Å²) in [5, 5.41) is 10.6. The Hall–Kier alpha value is -3.71. The topological polar surface area (TPSA) is 74.8 Å². The lowest BCUT2D eigenvalue weighted by Gasteiger charge is -2.12. The monoisotopic (exact) mass is 457 g/mol. The Morgan fingerprint density at radius 1 is 1.03 bits per heavy atom. The van der Waals surface area contributed by atoms with E-state index in [0.29, 0.717) is 45.7 Å². The van der Waals surface area contributed by atoms with Crippen LogP contribution in [0.25, 0.3) is 38.8 Å². The lowest BCUT2D eigenvalue weighted by Crippen LogP contribution is -2.23. The van der Waals surface area contributed by atoms with Gasteiger partial charge in [-0.05, 0) is 60.7 Å². The van der Waals surface area contributed by atoms with Gasteiger partial charge >= 0.3 is 0 Å². The van der Waals surface area contributed by atoms with Crippen molar-refractivity contribution in [3.63, 3.8) is 0 Å². The van der Waals surface area contributed by atoms with Crippen LogP contribution >= 0.6 is 11.6 Å². The zero-order chi connectivity index (χ0) is 22.5. The molecule has 0 spiro atoms. The maximum atomic E-state index is 13.8. The average Bonchev–Trinajstić information content (AvgIpc) is 3.57. The molecule has 7 nitrogen and oxygen atoms in total. The molecule has 3 heterocycles. The van der Waals surface area contributed by atoms with Gasteiger partial charge in [0.1, 0.15) is 11.0 Å². The van der Waals surface area contributed by atoms with Gasteiger partial charge in [-0.1, -0.05) is 23.7 Å². The smallest absolute Gasteiger partial charge is 0.281 e. The third-order valence-corrected chi connectivity index (χ3v) is 6.09. The number of hydrogen-bond acceptors (Lipinski definition) is 5. The summed E-state index contributed by atoms with van der Waals surface area (Å²) in [6.45, 7) is 0.643. The number of rotatable bonds is 5. The molecule has 0 bridgehead atoms. The third-order valence-electron chi connectivity index (χ3n) is 5.84. The quantitative estimate of drug-likeness (QED) is 0.380. The van der Waals surface area contributed by atoms with E-state index in [-0.39, 0.29) is 5.56 Å². The first-order valence-electron chi connectivity index (χ1n) is 10.8. The van der Waals surface area contributed by atoms with E-state index < -0.39 is 0 Å². The fourth-order valence-electron chi connectivity index (χ4n) is 3.95. The fourth-order valence-corrected chi connectivity index (χ4v) is 4.07. The summed E-state index contributed by atoms with van der Waals surface area (Å²) in [5.74, 6) is 1.10. The highest BCUT2D eigenvalue weighted by molar-refractivity contribution is 6.30. The molecule has 0 radical (unpaired) electrons. The van der Waals surface area contributed by atoms with Crippen LogP contribution in [0.3, 0.4) is 0 Å². The molecule has 8 heteroatoms. The summed E-state index contributed by atoms with van der Waals surface area (Å²) >= 11 is 6.10. The molecule has 1 saturated carbocycles. The van der Waals surface area contributed by atoms with Gasteiger partial charge in [0.2, 0.25) is 5.88 Å². The molecule has 0 aliphatic heterocycles. The van der Waals surface area contributed by atoms with Gasteiger partial charge in [0.05, 0.1) is 23.4 Å². The fraction of sp³-hybridized carbons (Fsp3) is 0.200. The third kappa shape index (κ3) is 3.74. The van der Waals surface area contributed by atoms with E-state index in [9.17, 15) is 4.79 Å². The van der Waals surface area contributed by atoms with Crippen molar-refractivity contribution in [3.05, 3.63) is 76.2 Å². The van der Waals surface area contributed by atoms with E-state index in [0.717, 1.165) is 16.5 Å². The minimum absolute atomic E-state index is 0.264. The SMILES string of the molecule is Cn1cc2cc(-n3nc4ccc(OCC5CC5)nc4c(-c4ccc(Cl)cc4)c3=O)ccc2n1. The van der Waals surface area contributed by atoms with E-state index in [1.54, 1.807) is 16.8 Å². The predicted molar refractivity (Wildman–Crippen MR) is 128 cm³/mol. The van der Waals surface area contributed by atoms with Crippen molar-refractivity contribution in [2.75, 3.05) is 6.61 Å². The van der Waals surface area contributed by atoms with Crippen molar-refractivity contribution in [2.24, 2.45) is 13.0 Å². The second kappa shape index (κ2) is 7.71. The van der Waals surface area contributed by atoms with E-state index in [2.05, 4.69) is 15.2 Å². The van der Waals surface area contributed by atoms with E-state index in [1.807, 2.05) is 55.7 Å². The van der Waals surface area contributed by atoms with Crippen LogP contribution in [0.15, 0.2) is 65.6 Å². The molecule has 0 unspecified atom stereocenters. The Bertz CT molecular complexity index is 1570. The van der Waals surface area contributed by atoms with Gasteiger partial charge in [-0.3, -0.25) is 9.48 Å². The van der Waals surface area contributed by atoms with Crippen molar-refractivity contribution in [1.29, 1.82) is 0 Å². The van der Waals surface area contributed by atoms with E-state index in [4.69, 9.17) is 16.3 Å². The molecule has 0 atom stereocenters. The van der Waals surface area contributed by atoms with Gasteiger partial charge in [0.15, 0.2) is 0 Å². The highest BCUT2D eigenvalue weighted by Gasteiger charge is 2.23. The van der Waals surface area contributed by atoms with Gasteiger partial charge in [-0.15, -0.1) is 0 Å². The Labute approximate surface area is 194 Å². The van der Waals surface area contributed by atoms with Crippen molar-refractivity contribution >= 4 is 33.5 Å². The van der Waals surface area contributed by atoms with Crippen LogP contribution in [0.5, 0.6) is 5.88 Å². The first-order valence-corrected chi connectivity index (χ1v) is 11.2. The molecular formula is C25H20ClN5O2. The molecule has 0 saturated heterocycles. The minimum Gasteiger partial charge on any atom is -0.477 e. The predicted octanol–water partition coefficient (Wildman–Crippen LogP) is 4.78. The molecule has 1 fully saturated rings. The van der Waals surface area contributed by atoms with Crippen molar-refractivity contribution in [3.8, 4) is 22.7 Å². The molecule has 0 N–H and O–H groups in total. The number of aromatic nitrogens is 5. The average molecular weight is 458 g/mol. The number of halogens is 1. The maximum Gasteiger partial charge on any atom is 0.281 e. The summed E-state index contributed by atoms with van der Waals surface area (Å²) in [6.07, 6.45) is 4.30. The highest BCUT2D eigenvalue weighted by atomic mass is 35.5. The first-order chi connectivity index (χ1) is 16.0. The van der Waals surface area contributed by atoms with Gasteiger partial charge < -0.3 is 4.74 Å². The number of hydrogen-bond donors (Lipinski definition) is 0. The molecule has 0 amide bonds. The van der Waals surface area contributed by atoms with Crippen molar-refractivity contribution < 1.29 is 4.74 Å². The largest absolute Gasteiger partial charge is 0.477 e. The summed E-state index contributed by atoms with van der Waals surface area (Å²) in [7, 11) is 1.87. The summed E-state index contributed by atoms with van der Waals surface area (Å²) in [4.78, 5) is 18.4. The first kappa shape index (κ1) is 19.9. The van der Waals surface area contributed by atoms with Crippen LogP contribution < -0.4 is 10.3 Å². The zero-order valence-electron chi connectivity index (χ0n) is 17.9. The molecule has 2 aromatic carbocycles. The molecular weight excluding hydrogens is 438 g/mol. The lowest BCUT2D eigenvalue weighted by atomic mass is 10.1. The Balaban J connectivity index is 1.56. The van der Waals surface area contributed by atoms with E-state index in [1.165, 1.54) is 17.5 Å². The maximum absolute atomic E-state index is 13.8. The summed E-state index contributed by atoms with van der Waals surface area (Å²) < 4.78 is 9.04. The second-order valence-electron chi connectivity index (χ2n) is 8.42. The Morgan fingerprint density at radius 2 is 1.82 bits per heavy atom. The van der Waals surface area contributed by atoms with Gasteiger partial charge in [-0.25, -0.2) is 4.98 Å². The van der Waals surface area contributed by atoms with E-state index >= 15 is 0 Å². The van der Waals surface area contributed by atoms with Crippen LogP contribution in [0.4, 0.5) is 0 Å². The molecule has 164 valence electrons. The number of aryl methyl sites for hydroxylation is 1. The van der Waals surface area contributed by atoms with Crippen LogP contribution in [-0.4, -0.2) is 31.2 Å². The number of benzene rings is 2. The Morgan fingerprint density at radius 3 is 2.61 bits per heavy atom. The summed E-state index contributed by atoms with van der Waals surface area (Å²) in [6, 6.07) is 16.5. The molecule has 1 aliphatic rings. The second-order valence-corrected chi connectivity index (χ2v) is 8.85. The van der Waals surface area contributed by atoms with Crippen LogP contribution in [0.1, 0.15) is 12.8 Å². The molecule has 6 rings (SSSR count). The van der Waals surface area contributed by atoms with Crippen LogP contribution in [0.2, 0.25) is 5.02 Å². The Kier molecular flexibility index (Phi) is 4.66. The molecule has 1 aliphatic carbocycles. The normalized spacial score (nSPS) is 13.6. The lowest BCUT2D eigenvalue weighted by molar-refractivity contribution is 0.289. The zero-order valence-corrected chi connectivity index (χ0v) is 18.7. The molecule has 3 aromatic heterocycles.